The molecule has 7 heteroatoms. The predicted octanol–water partition coefficient (Wildman–Crippen LogP) is 3.34. The van der Waals surface area contributed by atoms with Gasteiger partial charge >= 0.3 is 0 Å². The molecule has 0 fully saturated rings. The first-order chi connectivity index (χ1) is 10.9. The Morgan fingerprint density at radius 3 is 2.60 bits per heavy atom. The number of nitrogens with zero attached hydrogens (tertiary/aromatic N) is 1. The van der Waals surface area contributed by atoms with Gasteiger partial charge in [-0.1, -0.05) is 39.0 Å². The van der Waals surface area contributed by atoms with Crippen molar-refractivity contribution < 1.29 is 9.53 Å². The average molecular weight is 388 g/mol. The summed E-state index contributed by atoms with van der Waals surface area (Å²) in [6.07, 6.45) is 2.47. The number of para-hydroxylation sites is 1. The van der Waals surface area contributed by atoms with Crippen LogP contribution in [-0.4, -0.2) is 30.1 Å². The SMILES string of the molecule is CC(C)(C)[C@H](N)C(=O)NCCCOc1cccc2cccnc12.Cl.Cl. The number of carbonyl (C=O) groups excluding carboxylic acids is 1. The maximum absolute atomic E-state index is 11.9. The van der Waals surface area contributed by atoms with Crippen LogP contribution in [0.4, 0.5) is 0 Å². The number of nitrogens with one attached hydrogen (secondary N) is 1. The highest BCUT2D eigenvalue weighted by Crippen LogP contribution is 2.22. The van der Waals surface area contributed by atoms with Crippen molar-refractivity contribution in [2.45, 2.75) is 33.2 Å². The molecule has 0 radical (unpaired) electrons. The zero-order valence-corrected chi connectivity index (χ0v) is 16.5. The van der Waals surface area contributed by atoms with Crippen molar-refractivity contribution >= 4 is 41.6 Å². The Balaban J connectivity index is 0.00000288. The molecule has 1 aromatic carbocycles. The summed E-state index contributed by atoms with van der Waals surface area (Å²) in [4.78, 5) is 16.3. The van der Waals surface area contributed by atoms with Crippen molar-refractivity contribution in [3.05, 3.63) is 36.5 Å². The molecule has 25 heavy (non-hydrogen) atoms. The molecule has 0 spiro atoms. The van der Waals surface area contributed by atoms with Gasteiger partial charge in [-0.25, -0.2) is 0 Å². The average Bonchev–Trinajstić information content (AvgIpc) is 2.53. The molecule has 1 atom stereocenters. The van der Waals surface area contributed by atoms with E-state index in [1.54, 1.807) is 6.20 Å². The van der Waals surface area contributed by atoms with Crippen LogP contribution in [0.5, 0.6) is 5.75 Å². The van der Waals surface area contributed by atoms with Crippen LogP contribution in [0.2, 0.25) is 0 Å². The van der Waals surface area contributed by atoms with Gasteiger partial charge in [-0.15, -0.1) is 24.8 Å². The molecular weight excluding hydrogens is 361 g/mol. The van der Waals surface area contributed by atoms with E-state index in [1.165, 1.54) is 0 Å². The van der Waals surface area contributed by atoms with Gasteiger partial charge < -0.3 is 15.8 Å². The molecule has 2 rings (SSSR count). The Labute approximate surface area is 161 Å². The van der Waals surface area contributed by atoms with Crippen molar-refractivity contribution in [3.8, 4) is 5.75 Å². The third-order valence-electron chi connectivity index (χ3n) is 3.69. The minimum Gasteiger partial charge on any atom is -0.491 e. The number of fused-ring (bicyclic) bond motifs is 1. The van der Waals surface area contributed by atoms with E-state index >= 15 is 0 Å². The first-order valence-electron chi connectivity index (χ1n) is 7.89. The molecule has 0 aliphatic carbocycles. The monoisotopic (exact) mass is 387 g/mol. The molecule has 0 unspecified atom stereocenters. The van der Waals surface area contributed by atoms with Crippen LogP contribution in [0.3, 0.4) is 0 Å². The Kier molecular flexibility index (Phi) is 9.78. The van der Waals surface area contributed by atoms with E-state index in [1.807, 2.05) is 51.1 Å². The largest absolute Gasteiger partial charge is 0.491 e. The van der Waals surface area contributed by atoms with E-state index in [4.69, 9.17) is 10.5 Å². The van der Waals surface area contributed by atoms with E-state index in [-0.39, 0.29) is 36.1 Å². The number of amides is 1. The van der Waals surface area contributed by atoms with E-state index in [0.29, 0.717) is 19.6 Å². The van der Waals surface area contributed by atoms with Crippen LogP contribution in [0.25, 0.3) is 10.9 Å². The summed E-state index contributed by atoms with van der Waals surface area (Å²) in [5, 5.41) is 3.90. The highest BCUT2D eigenvalue weighted by Gasteiger charge is 2.26. The predicted molar refractivity (Wildman–Crippen MR) is 107 cm³/mol. The van der Waals surface area contributed by atoms with Gasteiger partial charge in [0.05, 0.1) is 12.6 Å². The number of ether oxygens (including phenoxy) is 1. The second-order valence-corrected chi connectivity index (χ2v) is 6.67. The van der Waals surface area contributed by atoms with Crippen LogP contribution in [-0.2, 0) is 4.79 Å². The molecule has 0 saturated heterocycles. The van der Waals surface area contributed by atoms with Crippen molar-refractivity contribution in [3.63, 3.8) is 0 Å². The summed E-state index contributed by atoms with van der Waals surface area (Å²) < 4.78 is 5.78. The fourth-order valence-corrected chi connectivity index (χ4v) is 2.16. The summed E-state index contributed by atoms with van der Waals surface area (Å²) in [7, 11) is 0. The minimum atomic E-state index is -0.509. The maximum atomic E-state index is 11.9. The fraction of sp³-hybridized carbons (Fsp3) is 0.444. The summed E-state index contributed by atoms with van der Waals surface area (Å²) in [5.41, 5.74) is 6.53. The maximum Gasteiger partial charge on any atom is 0.237 e. The third kappa shape index (κ3) is 6.69. The van der Waals surface area contributed by atoms with Crippen LogP contribution in [0, 0.1) is 5.41 Å². The fourth-order valence-electron chi connectivity index (χ4n) is 2.16. The molecule has 1 amide bonds. The number of nitrogens with two attached hydrogens (primary N) is 1. The summed E-state index contributed by atoms with van der Waals surface area (Å²) >= 11 is 0. The molecule has 3 N–H and O–H groups in total. The summed E-state index contributed by atoms with van der Waals surface area (Å²) in [6.45, 7) is 6.91. The van der Waals surface area contributed by atoms with Crippen molar-refractivity contribution in [2.24, 2.45) is 11.1 Å². The lowest BCUT2D eigenvalue weighted by Crippen LogP contribution is -2.48. The molecule has 140 valence electrons. The van der Waals surface area contributed by atoms with Gasteiger partial charge in [0.1, 0.15) is 11.3 Å². The molecule has 0 aliphatic rings. The number of hydrogen-bond donors (Lipinski definition) is 2. The lowest BCUT2D eigenvalue weighted by molar-refractivity contribution is -0.124. The Hall–Kier alpha value is -1.56. The Bertz CT molecular complexity index is 669. The van der Waals surface area contributed by atoms with Gasteiger partial charge in [0.2, 0.25) is 5.91 Å². The van der Waals surface area contributed by atoms with Gasteiger partial charge in [-0.2, -0.15) is 0 Å². The minimum absolute atomic E-state index is 0. The Morgan fingerprint density at radius 2 is 1.92 bits per heavy atom. The molecule has 5 nitrogen and oxygen atoms in total. The quantitative estimate of drug-likeness (QED) is 0.745. The van der Waals surface area contributed by atoms with Gasteiger partial charge in [-0.05, 0) is 24.0 Å². The van der Waals surface area contributed by atoms with Gasteiger partial charge in [-0.3, -0.25) is 9.78 Å². The van der Waals surface area contributed by atoms with Crippen molar-refractivity contribution in [1.29, 1.82) is 0 Å². The smallest absolute Gasteiger partial charge is 0.237 e. The zero-order chi connectivity index (χ0) is 16.9. The normalized spacial score (nSPS) is 11.8. The Morgan fingerprint density at radius 1 is 1.24 bits per heavy atom. The summed E-state index contributed by atoms with van der Waals surface area (Å²) in [6, 6.07) is 9.25. The first-order valence-corrected chi connectivity index (χ1v) is 7.89. The van der Waals surface area contributed by atoms with E-state index in [9.17, 15) is 4.79 Å². The zero-order valence-electron chi connectivity index (χ0n) is 14.8. The third-order valence-corrected chi connectivity index (χ3v) is 3.69. The summed E-state index contributed by atoms with van der Waals surface area (Å²) in [5.74, 6) is 0.644. The van der Waals surface area contributed by atoms with Gasteiger partial charge in [0.15, 0.2) is 0 Å². The number of aromatic nitrogens is 1. The van der Waals surface area contributed by atoms with Crippen LogP contribution in [0.1, 0.15) is 27.2 Å². The molecule has 0 saturated carbocycles. The van der Waals surface area contributed by atoms with E-state index in [0.717, 1.165) is 16.7 Å². The number of hydrogen-bond acceptors (Lipinski definition) is 4. The lowest BCUT2D eigenvalue weighted by atomic mass is 9.87. The van der Waals surface area contributed by atoms with Crippen molar-refractivity contribution in [1.82, 2.24) is 10.3 Å². The molecular formula is C18H27Cl2N3O2. The number of halogens is 2. The van der Waals surface area contributed by atoms with Crippen molar-refractivity contribution in [2.75, 3.05) is 13.2 Å². The number of rotatable bonds is 6. The topological polar surface area (TPSA) is 77.2 Å². The highest BCUT2D eigenvalue weighted by molar-refractivity contribution is 5.86. The van der Waals surface area contributed by atoms with Gasteiger partial charge in [0, 0.05) is 18.1 Å². The highest BCUT2D eigenvalue weighted by atomic mass is 35.5. The molecule has 0 aliphatic heterocycles. The molecule has 1 aromatic heterocycles. The molecule has 2 aromatic rings. The van der Waals surface area contributed by atoms with Crippen LogP contribution < -0.4 is 15.8 Å². The molecule has 0 bridgehead atoms. The van der Waals surface area contributed by atoms with E-state index < -0.39 is 6.04 Å². The standard InChI is InChI=1S/C18H25N3O2.2ClH/c1-18(2,3)16(19)17(22)21-11-6-12-23-14-9-4-7-13-8-5-10-20-15(13)14;;/h4-5,7-10,16H,6,11-12,19H2,1-3H3,(H,21,22);2*1H/t16-;;/m1../s1. The van der Waals surface area contributed by atoms with Gasteiger partial charge in [0.25, 0.3) is 0 Å². The van der Waals surface area contributed by atoms with Crippen LogP contribution in [0.15, 0.2) is 36.5 Å². The number of pyridine rings is 1. The number of benzene rings is 1. The van der Waals surface area contributed by atoms with E-state index in [2.05, 4.69) is 10.3 Å². The lowest BCUT2D eigenvalue weighted by Gasteiger charge is -2.25. The molecule has 1 heterocycles. The number of carbonyl (C=O) groups is 1. The van der Waals surface area contributed by atoms with Crippen LogP contribution >= 0.6 is 24.8 Å². The first kappa shape index (κ1) is 23.4. The second kappa shape index (κ2) is 10.4. The second-order valence-electron chi connectivity index (χ2n) is 6.67.